The topological polar surface area (TPSA) is 36.7 Å². The summed E-state index contributed by atoms with van der Waals surface area (Å²) < 4.78 is 6.64. The maximum absolute atomic E-state index is 13.1. The molecule has 30 heavy (non-hydrogen) atoms. The van der Waals surface area contributed by atoms with E-state index in [1.54, 1.807) is 0 Å². The van der Waals surface area contributed by atoms with Gasteiger partial charge in [0.05, 0.1) is 6.04 Å². The lowest BCUT2D eigenvalue weighted by Gasteiger charge is -2.45. The number of furan rings is 1. The summed E-state index contributed by atoms with van der Waals surface area (Å²) in [7, 11) is 0. The molecule has 6 bridgehead atoms. The van der Waals surface area contributed by atoms with Crippen molar-refractivity contribution in [1.82, 2.24) is 9.80 Å². The minimum Gasteiger partial charge on any atom is -0.464 e. The number of aryl methyl sites for hydroxylation is 1. The van der Waals surface area contributed by atoms with Crippen LogP contribution in [0.3, 0.4) is 0 Å². The van der Waals surface area contributed by atoms with Crippen LogP contribution in [0.1, 0.15) is 86.8 Å². The summed E-state index contributed by atoms with van der Waals surface area (Å²) in [6.07, 6.45) is 20.1. The number of carbonyl (C=O) groups excluding carboxylic acids is 1. The Bertz CT molecular complexity index is 884. The van der Waals surface area contributed by atoms with Crippen molar-refractivity contribution in [3.05, 3.63) is 47.5 Å². The standard InChI is InChI=1S/C26H34N2O2/c29-23-12-8-3-1-2-7-11-20-16-21-22-13-15-27(23)18-26(22)17-19-10-6-4-5-9-14-28(19)25(26)24(21)30-20/h1-2,6,10,16,19,22,25H,3-5,7-9,11-15,17-18H2/b2-1-,10-6-/t19-,22-,25-,26-/m1/s1. The van der Waals surface area contributed by atoms with Crippen LogP contribution in [-0.4, -0.2) is 41.4 Å². The first kappa shape index (κ1) is 18.9. The fourth-order valence-corrected chi connectivity index (χ4v) is 7.19. The van der Waals surface area contributed by atoms with E-state index in [2.05, 4.69) is 40.2 Å². The summed E-state index contributed by atoms with van der Waals surface area (Å²) >= 11 is 0. The van der Waals surface area contributed by atoms with Crippen LogP contribution in [-0.2, 0) is 11.2 Å². The van der Waals surface area contributed by atoms with Crippen molar-refractivity contribution >= 4 is 5.91 Å². The third kappa shape index (κ3) is 2.86. The average Bonchev–Trinajstić information content (AvgIpc) is 3.32. The Labute approximate surface area is 180 Å². The summed E-state index contributed by atoms with van der Waals surface area (Å²) in [6.45, 7) is 2.98. The summed E-state index contributed by atoms with van der Waals surface area (Å²) in [6, 6.07) is 3.23. The van der Waals surface area contributed by atoms with E-state index < -0.39 is 0 Å². The SMILES string of the molecule is O=C1CCC/C=C\CCc2cc3c(o2)[C@H]2N4CCCC/C=C\[C@@H]4C[C@]24CN1CC[C@H]34. The van der Waals surface area contributed by atoms with Gasteiger partial charge in [0.25, 0.3) is 0 Å². The second-order valence-electron chi connectivity index (χ2n) is 10.2. The lowest BCUT2D eigenvalue weighted by molar-refractivity contribution is -0.135. The van der Waals surface area contributed by atoms with E-state index in [-0.39, 0.29) is 5.41 Å². The summed E-state index contributed by atoms with van der Waals surface area (Å²) in [5, 5.41) is 0. The van der Waals surface area contributed by atoms with Gasteiger partial charge in [-0.05, 0) is 75.5 Å². The van der Waals surface area contributed by atoms with Crippen molar-refractivity contribution in [2.75, 3.05) is 19.6 Å². The van der Waals surface area contributed by atoms with Gasteiger partial charge >= 0.3 is 0 Å². The number of carbonyl (C=O) groups is 1. The number of nitrogens with zero attached hydrogens (tertiary/aromatic N) is 2. The van der Waals surface area contributed by atoms with Gasteiger partial charge in [-0.1, -0.05) is 24.3 Å². The Balaban J connectivity index is 1.44. The molecule has 5 aliphatic heterocycles. The minimum absolute atomic E-state index is 0.137. The maximum Gasteiger partial charge on any atom is 0.222 e. The Morgan fingerprint density at radius 2 is 1.90 bits per heavy atom. The van der Waals surface area contributed by atoms with Crippen molar-refractivity contribution < 1.29 is 9.21 Å². The quantitative estimate of drug-likeness (QED) is 0.561. The fraction of sp³-hybridized carbons (Fsp3) is 0.654. The van der Waals surface area contributed by atoms with Crippen LogP contribution in [0, 0.1) is 5.41 Å². The molecule has 160 valence electrons. The Morgan fingerprint density at radius 3 is 2.87 bits per heavy atom. The number of hydrogen-bond acceptors (Lipinski definition) is 3. The normalized spacial score (nSPS) is 38.5. The largest absolute Gasteiger partial charge is 0.464 e. The highest BCUT2D eigenvalue weighted by atomic mass is 16.3. The summed E-state index contributed by atoms with van der Waals surface area (Å²) in [4.78, 5) is 18.1. The van der Waals surface area contributed by atoms with Crippen LogP contribution in [0.4, 0.5) is 0 Å². The zero-order valence-corrected chi connectivity index (χ0v) is 18.0. The van der Waals surface area contributed by atoms with E-state index >= 15 is 0 Å². The van der Waals surface area contributed by atoms with Crippen molar-refractivity contribution in [1.29, 1.82) is 0 Å². The molecule has 0 saturated carbocycles. The third-order valence-electron chi connectivity index (χ3n) is 8.46. The number of piperidine rings is 1. The molecule has 6 aliphatic rings. The van der Waals surface area contributed by atoms with Gasteiger partial charge in [0.15, 0.2) is 0 Å². The van der Waals surface area contributed by atoms with Crippen LogP contribution in [0.25, 0.3) is 0 Å². The fourth-order valence-electron chi connectivity index (χ4n) is 7.19. The van der Waals surface area contributed by atoms with Gasteiger partial charge in [-0.3, -0.25) is 9.69 Å². The van der Waals surface area contributed by atoms with Crippen molar-refractivity contribution in [2.24, 2.45) is 5.41 Å². The van der Waals surface area contributed by atoms with Crippen molar-refractivity contribution in [3.63, 3.8) is 0 Å². The molecule has 1 spiro atoms. The molecule has 6 heterocycles. The van der Waals surface area contributed by atoms with Gasteiger partial charge in [0, 0.05) is 37.4 Å². The highest BCUT2D eigenvalue weighted by Gasteiger charge is 2.64. The molecule has 1 aromatic rings. The monoisotopic (exact) mass is 406 g/mol. The van der Waals surface area contributed by atoms with Crippen LogP contribution in [0.2, 0.25) is 0 Å². The summed E-state index contributed by atoms with van der Waals surface area (Å²) in [5.41, 5.74) is 1.61. The van der Waals surface area contributed by atoms with E-state index in [1.807, 2.05) is 0 Å². The number of allylic oxidation sites excluding steroid dienone is 3. The second kappa shape index (κ2) is 7.40. The van der Waals surface area contributed by atoms with Crippen LogP contribution in [0.15, 0.2) is 34.8 Å². The number of amides is 1. The molecule has 0 N–H and O–H groups in total. The van der Waals surface area contributed by atoms with Gasteiger partial charge in [0.1, 0.15) is 11.5 Å². The van der Waals surface area contributed by atoms with Crippen LogP contribution < -0.4 is 0 Å². The van der Waals surface area contributed by atoms with Gasteiger partial charge in [-0.2, -0.15) is 0 Å². The molecule has 0 unspecified atom stereocenters. The molecule has 0 radical (unpaired) electrons. The van der Waals surface area contributed by atoms with E-state index in [4.69, 9.17) is 4.42 Å². The second-order valence-corrected chi connectivity index (χ2v) is 10.2. The first-order valence-electron chi connectivity index (χ1n) is 12.2. The highest BCUT2D eigenvalue weighted by Crippen LogP contribution is 2.67. The van der Waals surface area contributed by atoms with Gasteiger partial charge < -0.3 is 9.32 Å². The molecule has 4 nitrogen and oxygen atoms in total. The molecule has 1 aromatic heterocycles. The van der Waals surface area contributed by atoms with E-state index in [1.165, 1.54) is 37.0 Å². The van der Waals surface area contributed by atoms with Crippen molar-refractivity contribution in [3.8, 4) is 0 Å². The Kier molecular flexibility index (Phi) is 4.67. The smallest absolute Gasteiger partial charge is 0.222 e. The summed E-state index contributed by atoms with van der Waals surface area (Å²) in [5.74, 6) is 3.32. The minimum atomic E-state index is 0.137. The average molecular weight is 407 g/mol. The molecule has 4 heteroatoms. The third-order valence-corrected chi connectivity index (χ3v) is 8.46. The zero-order valence-electron chi connectivity index (χ0n) is 18.0. The van der Waals surface area contributed by atoms with Crippen LogP contribution in [0.5, 0.6) is 0 Å². The first-order valence-corrected chi connectivity index (χ1v) is 12.2. The Morgan fingerprint density at radius 1 is 1.00 bits per heavy atom. The number of hydrogen-bond donors (Lipinski definition) is 0. The predicted molar refractivity (Wildman–Crippen MR) is 117 cm³/mol. The molecule has 2 saturated heterocycles. The molecule has 0 aromatic carbocycles. The molecule has 1 aliphatic carbocycles. The molecule has 4 atom stereocenters. The highest BCUT2D eigenvalue weighted by molar-refractivity contribution is 5.76. The van der Waals surface area contributed by atoms with E-state index in [0.717, 1.165) is 57.5 Å². The lowest BCUT2D eigenvalue weighted by atomic mass is 9.68. The predicted octanol–water partition coefficient (Wildman–Crippen LogP) is 5.12. The number of fused-ring (bicyclic) bond motifs is 8. The molecule has 2 fully saturated rings. The first-order chi connectivity index (χ1) is 14.8. The molecular formula is C26H34N2O2. The Hall–Kier alpha value is -1.81. The van der Waals surface area contributed by atoms with Gasteiger partial charge in [-0.25, -0.2) is 0 Å². The number of rotatable bonds is 0. The molecule has 7 rings (SSSR count). The van der Waals surface area contributed by atoms with Gasteiger partial charge in [0.2, 0.25) is 5.91 Å². The van der Waals surface area contributed by atoms with E-state index in [0.29, 0.717) is 30.3 Å². The van der Waals surface area contributed by atoms with Crippen LogP contribution >= 0.6 is 0 Å². The molecule has 1 amide bonds. The zero-order chi connectivity index (χ0) is 20.1. The molecular weight excluding hydrogens is 372 g/mol. The van der Waals surface area contributed by atoms with Gasteiger partial charge in [-0.15, -0.1) is 0 Å². The van der Waals surface area contributed by atoms with E-state index in [9.17, 15) is 4.79 Å². The lowest BCUT2D eigenvalue weighted by Crippen LogP contribution is -2.49. The maximum atomic E-state index is 13.1. The van der Waals surface area contributed by atoms with Crippen molar-refractivity contribution in [2.45, 2.75) is 82.2 Å².